The summed E-state index contributed by atoms with van der Waals surface area (Å²) in [4.78, 5) is 24.9. The van der Waals surface area contributed by atoms with Crippen molar-refractivity contribution in [1.82, 2.24) is 5.32 Å². The second kappa shape index (κ2) is 9.20. The first-order valence-corrected chi connectivity index (χ1v) is 9.42. The highest BCUT2D eigenvalue weighted by molar-refractivity contribution is 6.33. The van der Waals surface area contributed by atoms with Crippen LogP contribution < -0.4 is 15.5 Å². The Morgan fingerprint density at radius 3 is 2.62 bits per heavy atom. The van der Waals surface area contributed by atoms with Crippen molar-refractivity contribution in [3.63, 3.8) is 0 Å². The Balaban J connectivity index is 2.22. The molecule has 1 aromatic carbocycles. The molecular formula is C19H25ClN4O5. The van der Waals surface area contributed by atoms with Crippen molar-refractivity contribution in [2.24, 2.45) is 0 Å². The standard InChI is InChI=1S/C19H25ClN4O5/c1-19(2,3)29-18(27)23-14-8-12(20)15(7-11(14)9-21)24-6-5-13(22-17(25)26)16(10-24)28-4/h7-8,13,16,22H,5-6,10H2,1-4H3,(H,23,27)(H,25,26)/t13-,16+/m1/s1. The van der Waals surface area contributed by atoms with Crippen LogP contribution in [0, 0.1) is 11.3 Å². The minimum absolute atomic E-state index is 0.231. The van der Waals surface area contributed by atoms with E-state index in [9.17, 15) is 14.9 Å². The van der Waals surface area contributed by atoms with Crippen molar-refractivity contribution in [2.75, 3.05) is 30.4 Å². The largest absolute Gasteiger partial charge is 0.465 e. The van der Waals surface area contributed by atoms with Crippen molar-refractivity contribution in [2.45, 2.75) is 44.9 Å². The molecule has 0 aliphatic carbocycles. The van der Waals surface area contributed by atoms with Gasteiger partial charge in [0.15, 0.2) is 0 Å². The molecule has 1 fully saturated rings. The summed E-state index contributed by atoms with van der Waals surface area (Å²) in [6.45, 7) is 6.13. The summed E-state index contributed by atoms with van der Waals surface area (Å²) in [5.74, 6) is 0. The van der Waals surface area contributed by atoms with Crippen LogP contribution in [0.5, 0.6) is 0 Å². The Kier molecular flexibility index (Phi) is 7.16. The number of hydrogen-bond donors (Lipinski definition) is 3. The third-order valence-corrected chi connectivity index (χ3v) is 4.66. The Morgan fingerprint density at radius 2 is 2.07 bits per heavy atom. The molecule has 1 heterocycles. The molecule has 0 bridgehead atoms. The van der Waals surface area contributed by atoms with Crippen molar-refractivity contribution in [3.05, 3.63) is 22.7 Å². The Bertz CT molecular complexity index is 818. The molecule has 2 atom stereocenters. The SMILES string of the molecule is CO[C@H]1CN(c2cc(C#N)c(NC(=O)OC(C)(C)C)cc2Cl)CC[C@H]1NC(=O)O. The lowest BCUT2D eigenvalue weighted by atomic mass is 10.0. The monoisotopic (exact) mass is 424 g/mol. The van der Waals surface area contributed by atoms with E-state index in [0.29, 0.717) is 30.2 Å². The van der Waals surface area contributed by atoms with E-state index >= 15 is 0 Å². The number of piperidine rings is 1. The van der Waals surface area contributed by atoms with Gasteiger partial charge in [-0.15, -0.1) is 0 Å². The number of halogens is 1. The van der Waals surface area contributed by atoms with E-state index in [1.807, 2.05) is 4.90 Å². The molecular weight excluding hydrogens is 400 g/mol. The van der Waals surface area contributed by atoms with Gasteiger partial charge in [0.1, 0.15) is 11.7 Å². The van der Waals surface area contributed by atoms with Crippen molar-refractivity contribution in [1.29, 1.82) is 5.26 Å². The first-order chi connectivity index (χ1) is 13.5. The highest BCUT2D eigenvalue weighted by Crippen LogP contribution is 2.34. The summed E-state index contributed by atoms with van der Waals surface area (Å²) < 4.78 is 10.6. The maximum Gasteiger partial charge on any atom is 0.412 e. The van der Waals surface area contributed by atoms with Crippen molar-refractivity contribution < 1.29 is 24.2 Å². The fourth-order valence-electron chi connectivity index (χ4n) is 3.11. The van der Waals surface area contributed by atoms with Crippen LogP contribution in [0.1, 0.15) is 32.8 Å². The van der Waals surface area contributed by atoms with Gasteiger partial charge in [0, 0.05) is 20.2 Å². The first kappa shape index (κ1) is 22.6. The lowest BCUT2D eigenvalue weighted by molar-refractivity contribution is 0.0596. The molecule has 0 unspecified atom stereocenters. The molecule has 0 spiro atoms. The lowest BCUT2D eigenvalue weighted by Crippen LogP contribution is -2.54. The van der Waals surface area contributed by atoms with Gasteiger partial charge in [0.05, 0.1) is 34.1 Å². The van der Waals surface area contributed by atoms with Crippen LogP contribution in [0.4, 0.5) is 21.0 Å². The summed E-state index contributed by atoms with van der Waals surface area (Å²) in [5.41, 5.74) is 0.412. The van der Waals surface area contributed by atoms with Gasteiger partial charge in [-0.3, -0.25) is 5.32 Å². The number of ether oxygens (including phenoxy) is 2. The molecule has 0 radical (unpaired) electrons. The van der Waals surface area contributed by atoms with E-state index in [4.69, 9.17) is 26.2 Å². The van der Waals surface area contributed by atoms with E-state index in [-0.39, 0.29) is 23.4 Å². The molecule has 1 aromatic rings. The quantitative estimate of drug-likeness (QED) is 0.676. The number of anilines is 2. The second-order valence-electron chi connectivity index (χ2n) is 7.65. The van der Waals surface area contributed by atoms with E-state index in [1.54, 1.807) is 26.8 Å². The van der Waals surface area contributed by atoms with Gasteiger partial charge < -0.3 is 24.8 Å². The second-order valence-corrected chi connectivity index (χ2v) is 8.06. The Labute approximate surface area is 174 Å². The maximum absolute atomic E-state index is 12.0. The van der Waals surface area contributed by atoms with Crippen LogP contribution in [0.3, 0.4) is 0 Å². The van der Waals surface area contributed by atoms with Gasteiger partial charge in [0.2, 0.25) is 0 Å². The average Bonchev–Trinajstić information content (AvgIpc) is 2.60. The number of nitrogens with one attached hydrogen (secondary N) is 2. The summed E-state index contributed by atoms with van der Waals surface area (Å²) in [5, 5.41) is 23.8. The van der Waals surface area contributed by atoms with Crippen LogP contribution >= 0.6 is 11.6 Å². The Hall–Kier alpha value is -2.70. The van der Waals surface area contributed by atoms with Crippen LogP contribution in [0.25, 0.3) is 0 Å². The smallest absolute Gasteiger partial charge is 0.412 e. The van der Waals surface area contributed by atoms with E-state index in [1.165, 1.54) is 13.2 Å². The molecule has 29 heavy (non-hydrogen) atoms. The van der Waals surface area contributed by atoms with Crippen LogP contribution in [0.2, 0.25) is 5.02 Å². The van der Waals surface area contributed by atoms with Crippen LogP contribution in [0.15, 0.2) is 12.1 Å². The predicted molar refractivity (Wildman–Crippen MR) is 109 cm³/mol. The fourth-order valence-corrected chi connectivity index (χ4v) is 3.39. The molecule has 0 saturated carbocycles. The molecule has 1 aliphatic rings. The predicted octanol–water partition coefficient (Wildman–Crippen LogP) is 3.42. The highest BCUT2D eigenvalue weighted by Gasteiger charge is 2.31. The first-order valence-electron chi connectivity index (χ1n) is 9.05. The minimum atomic E-state index is -1.10. The van der Waals surface area contributed by atoms with Gasteiger partial charge in [-0.25, -0.2) is 9.59 Å². The van der Waals surface area contributed by atoms with Gasteiger partial charge >= 0.3 is 12.2 Å². The number of hydrogen-bond acceptors (Lipinski definition) is 6. The normalized spacial score (nSPS) is 19.2. The number of nitriles is 1. The zero-order valence-electron chi connectivity index (χ0n) is 16.8. The summed E-state index contributed by atoms with van der Waals surface area (Å²) in [7, 11) is 1.51. The zero-order valence-corrected chi connectivity index (χ0v) is 17.5. The van der Waals surface area contributed by atoms with Crippen LogP contribution in [-0.2, 0) is 9.47 Å². The molecule has 9 nitrogen and oxygen atoms in total. The number of carbonyl (C=O) groups is 2. The molecule has 2 rings (SSSR count). The van der Waals surface area contributed by atoms with E-state index in [2.05, 4.69) is 16.7 Å². The van der Waals surface area contributed by atoms with Gasteiger partial charge in [-0.05, 0) is 39.3 Å². The maximum atomic E-state index is 12.0. The third-order valence-electron chi connectivity index (χ3n) is 4.35. The molecule has 1 saturated heterocycles. The number of amides is 2. The van der Waals surface area contributed by atoms with Crippen molar-refractivity contribution in [3.8, 4) is 6.07 Å². The molecule has 158 valence electrons. The third kappa shape index (κ3) is 6.14. The molecule has 3 N–H and O–H groups in total. The Morgan fingerprint density at radius 1 is 1.38 bits per heavy atom. The number of methoxy groups -OCH3 is 1. The van der Waals surface area contributed by atoms with E-state index < -0.39 is 17.8 Å². The molecule has 1 aliphatic heterocycles. The van der Waals surface area contributed by atoms with Gasteiger partial charge in [-0.2, -0.15) is 5.26 Å². The topological polar surface area (TPSA) is 124 Å². The highest BCUT2D eigenvalue weighted by atomic mass is 35.5. The number of carbonyl (C=O) groups excluding carboxylic acids is 1. The molecule has 0 aromatic heterocycles. The molecule has 2 amide bonds. The number of benzene rings is 1. The van der Waals surface area contributed by atoms with Crippen LogP contribution in [-0.4, -0.2) is 55.2 Å². The van der Waals surface area contributed by atoms with Gasteiger partial charge in [-0.1, -0.05) is 11.6 Å². The zero-order chi connectivity index (χ0) is 21.8. The average molecular weight is 425 g/mol. The van der Waals surface area contributed by atoms with E-state index in [0.717, 1.165) is 0 Å². The lowest BCUT2D eigenvalue weighted by Gasteiger charge is -2.39. The number of nitrogens with zero attached hydrogens (tertiary/aromatic N) is 2. The summed E-state index contributed by atoms with van der Waals surface area (Å²) in [6, 6.07) is 4.81. The minimum Gasteiger partial charge on any atom is -0.465 e. The summed E-state index contributed by atoms with van der Waals surface area (Å²) in [6.07, 6.45) is -1.65. The van der Waals surface area contributed by atoms with Crippen molar-refractivity contribution >= 4 is 35.2 Å². The number of carboxylic acid groups (broad SMARTS) is 1. The van der Waals surface area contributed by atoms with Gasteiger partial charge in [0.25, 0.3) is 0 Å². The summed E-state index contributed by atoms with van der Waals surface area (Å²) >= 11 is 6.43. The fraction of sp³-hybridized carbons (Fsp3) is 0.526. The number of rotatable bonds is 4. The molecule has 10 heteroatoms.